The number of ether oxygens (including phenoxy) is 1. The Hall–Kier alpha value is -1.39. The second-order valence-corrected chi connectivity index (χ2v) is 7.52. The largest absolute Gasteiger partial charge is 0.486 e. The van der Waals surface area contributed by atoms with E-state index >= 15 is 0 Å². The van der Waals surface area contributed by atoms with Crippen LogP contribution in [0.4, 0.5) is 0 Å². The van der Waals surface area contributed by atoms with E-state index in [-0.39, 0.29) is 0 Å². The molecule has 3 rings (SSSR count). The summed E-state index contributed by atoms with van der Waals surface area (Å²) in [7, 11) is 2.04. The summed E-state index contributed by atoms with van der Waals surface area (Å²) in [5.41, 5.74) is 1.56. The second kappa shape index (κ2) is 5.78. The Kier molecular flexibility index (Phi) is 4.00. The third kappa shape index (κ3) is 3.27. The minimum atomic E-state index is 0.312. The molecule has 1 aromatic carbocycles. The highest BCUT2D eigenvalue weighted by Crippen LogP contribution is 2.42. The minimum Gasteiger partial charge on any atom is -0.486 e. The average Bonchev–Trinajstić information content (AvgIpc) is 2.86. The standard InChI is InChI=1S/C17H22N2OS/c1-17(2)9-13(18-3)16-14(10-17)19-15(21-16)11-20-12-7-5-4-6-8-12/h4-8,13,18H,9-11H2,1-3H3. The molecule has 0 fully saturated rings. The number of nitrogens with one attached hydrogen (secondary N) is 1. The number of thiazole rings is 1. The molecule has 0 radical (unpaired) electrons. The van der Waals surface area contributed by atoms with E-state index in [4.69, 9.17) is 9.72 Å². The van der Waals surface area contributed by atoms with E-state index in [1.165, 1.54) is 10.6 Å². The number of hydrogen-bond donors (Lipinski definition) is 1. The van der Waals surface area contributed by atoms with Gasteiger partial charge in [0.2, 0.25) is 0 Å². The maximum Gasteiger partial charge on any atom is 0.140 e. The first-order chi connectivity index (χ1) is 10.1. The normalized spacial score (nSPS) is 20.0. The highest BCUT2D eigenvalue weighted by atomic mass is 32.1. The molecule has 0 bridgehead atoms. The molecule has 4 heteroatoms. The van der Waals surface area contributed by atoms with E-state index < -0.39 is 0 Å². The van der Waals surface area contributed by atoms with Gasteiger partial charge in [0.15, 0.2) is 0 Å². The van der Waals surface area contributed by atoms with Crippen molar-refractivity contribution in [2.24, 2.45) is 5.41 Å². The summed E-state index contributed by atoms with van der Waals surface area (Å²) in [6.45, 7) is 5.19. The first-order valence-electron chi connectivity index (χ1n) is 7.41. The van der Waals surface area contributed by atoms with E-state index in [9.17, 15) is 0 Å². The molecule has 1 N–H and O–H groups in total. The molecule has 2 aromatic rings. The molecule has 1 aliphatic rings. The third-order valence-corrected chi connectivity index (χ3v) is 5.13. The van der Waals surface area contributed by atoms with Crippen LogP contribution in [0.15, 0.2) is 30.3 Å². The minimum absolute atomic E-state index is 0.312. The molecule has 21 heavy (non-hydrogen) atoms. The zero-order valence-electron chi connectivity index (χ0n) is 12.8. The summed E-state index contributed by atoms with van der Waals surface area (Å²) in [6.07, 6.45) is 2.22. The smallest absolute Gasteiger partial charge is 0.140 e. The van der Waals surface area contributed by atoms with E-state index in [1.807, 2.05) is 37.4 Å². The summed E-state index contributed by atoms with van der Waals surface area (Å²) in [4.78, 5) is 6.21. The Labute approximate surface area is 130 Å². The van der Waals surface area contributed by atoms with Crippen LogP contribution in [0, 0.1) is 5.41 Å². The Morgan fingerprint density at radius 3 is 2.81 bits per heavy atom. The van der Waals surface area contributed by atoms with Crippen molar-refractivity contribution in [2.75, 3.05) is 7.05 Å². The van der Waals surface area contributed by atoms with Gasteiger partial charge in [0.05, 0.1) is 5.69 Å². The highest BCUT2D eigenvalue weighted by Gasteiger charge is 2.34. The molecule has 0 spiro atoms. The van der Waals surface area contributed by atoms with Crippen molar-refractivity contribution in [1.29, 1.82) is 0 Å². The van der Waals surface area contributed by atoms with E-state index in [1.54, 1.807) is 11.3 Å². The quantitative estimate of drug-likeness (QED) is 0.928. The Morgan fingerprint density at radius 2 is 2.10 bits per heavy atom. The third-order valence-electron chi connectivity index (χ3n) is 3.95. The number of rotatable bonds is 4. The van der Waals surface area contributed by atoms with Gasteiger partial charge >= 0.3 is 0 Å². The van der Waals surface area contributed by atoms with E-state index in [0.29, 0.717) is 18.1 Å². The van der Waals surface area contributed by atoms with Crippen molar-refractivity contribution in [3.63, 3.8) is 0 Å². The van der Waals surface area contributed by atoms with Gasteiger partial charge in [0, 0.05) is 10.9 Å². The van der Waals surface area contributed by atoms with Gasteiger partial charge in [0.25, 0.3) is 0 Å². The van der Waals surface area contributed by atoms with Gasteiger partial charge in [-0.3, -0.25) is 0 Å². The van der Waals surface area contributed by atoms with Crippen molar-refractivity contribution < 1.29 is 4.74 Å². The van der Waals surface area contributed by atoms with Gasteiger partial charge in [-0.1, -0.05) is 32.0 Å². The number of aromatic nitrogens is 1. The molecule has 0 saturated heterocycles. The summed E-state index contributed by atoms with van der Waals surface area (Å²) in [5.74, 6) is 0.899. The SMILES string of the molecule is CNC1CC(C)(C)Cc2nc(COc3ccccc3)sc21. The molecule has 1 atom stereocenters. The number of hydrogen-bond acceptors (Lipinski definition) is 4. The van der Waals surface area contributed by atoms with Crippen LogP contribution in [0.2, 0.25) is 0 Å². The molecule has 1 aromatic heterocycles. The molecule has 0 amide bonds. The number of nitrogens with zero attached hydrogens (tertiary/aromatic N) is 1. The molecular formula is C17H22N2OS. The first-order valence-corrected chi connectivity index (χ1v) is 8.23. The van der Waals surface area contributed by atoms with Crippen molar-refractivity contribution in [3.05, 3.63) is 45.9 Å². The monoisotopic (exact) mass is 302 g/mol. The topological polar surface area (TPSA) is 34.2 Å². The number of fused-ring (bicyclic) bond motifs is 1. The van der Waals surface area contributed by atoms with Crippen LogP contribution in [0.25, 0.3) is 0 Å². The van der Waals surface area contributed by atoms with Crippen molar-refractivity contribution >= 4 is 11.3 Å². The molecule has 0 saturated carbocycles. The van der Waals surface area contributed by atoms with Crippen LogP contribution in [-0.2, 0) is 13.0 Å². The van der Waals surface area contributed by atoms with Crippen molar-refractivity contribution in [3.8, 4) is 5.75 Å². The fourth-order valence-corrected chi connectivity index (χ4v) is 4.05. The van der Waals surface area contributed by atoms with Gasteiger partial charge in [-0.25, -0.2) is 4.98 Å². The van der Waals surface area contributed by atoms with Crippen LogP contribution >= 0.6 is 11.3 Å². The summed E-state index contributed by atoms with van der Waals surface area (Å²) < 4.78 is 5.82. The predicted molar refractivity (Wildman–Crippen MR) is 86.8 cm³/mol. The zero-order valence-corrected chi connectivity index (χ0v) is 13.7. The molecule has 1 unspecified atom stereocenters. The molecule has 1 aliphatic carbocycles. The fourth-order valence-electron chi connectivity index (χ4n) is 2.94. The highest BCUT2D eigenvalue weighted by molar-refractivity contribution is 7.11. The van der Waals surface area contributed by atoms with Gasteiger partial charge in [0.1, 0.15) is 17.4 Å². The van der Waals surface area contributed by atoms with Crippen molar-refractivity contribution in [1.82, 2.24) is 10.3 Å². The average molecular weight is 302 g/mol. The van der Waals surface area contributed by atoms with Gasteiger partial charge in [-0.15, -0.1) is 11.3 Å². The molecular weight excluding hydrogens is 280 g/mol. The van der Waals surface area contributed by atoms with Crippen LogP contribution < -0.4 is 10.1 Å². The number of para-hydroxylation sites is 1. The van der Waals surface area contributed by atoms with Crippen LogP contribution in [-0.4, -0.2) is 12.0 Å². The molecule has 112 valence electrons. The van der Waals surface area contributed by atoms with Gasteiger partial charge in [-0.05, 0) is 37.4 Å². The predicted octanol–water partition coefficient (Wildman–Crippen LogP) is 3.96. The lowest BCUT2D eigenvalue weighted by Crippen LogP contribution is -2.30. The van der Waals surface area contributed by atoms with Gasteiger partial charge in [-0.2, -0.15) is 0 Å². The lowest BCUT2D eigenvalue weighted by Gasteiger charge is -2.34. The Bertz CT molecular complexity index is 607. The molecule has 0 aliphatic heterocycles. The number of benzene rings is 1. The maximum atomic E-state index is 5.82. The Balaban J connectivity index is 1.76. The summed E-state index contributed by atoms with van der Waals surface area (Å²) in [5, 5.41) is 4.50. The fraction of sp³-hybridized carbons (Fsp3) is 0.471. The zero-order chi connectivity index (χ0) is 14.9. The molecule has 3 nitrogen and oxygen atoms in total. The second-order valence-electron chi connectivity index (χ2n) is 6.41. The van der Waals surface area contributed by atoms with E-state index in [2.05, 4.69) is 19.2 Å². The van der Waals surface area contributed by atoms with Crippen molar-refractivity contribution in [2.45, 2.75) is 39.3 Å². The first kappa shape index (κ1) is 14.5. The molecule has 1 heterocycles. The lowest BCUT2D eigenvalue weighted by atomic mass is 9.76. The maximum absolute atomic E-state index is 5.82. The Morgan fingerprint density at radius 1 is 1.33 bits per heavy atom. The van der Waals surface area contributed by atoms with Crippen LogP contribution in [0.1, 0.15) is 41.9 Å². The lowest BCUT2D eigenvalue weighted by molar-refractivity contribution is 0.264. The van der Waals surface area contributed by atoms with E-state index in [0.717, 1.165) is 23.6 Å². The summed E-state index contributed by atoms with van der Waals surface area (Å²) >= 11 is 1.79. The van der Waals surface area contributed by atoms with Crippen LogP contribution in [0.5, 0.6) is 5.75 Å². The summed E-state index contributed by atoms with van der Waals surface area (Å²) in [6, 6.07) is 10.4. The van der Waals surface area contributed by atoms with Crippen LogP contribution in [0.3, 0.4) is 0 Å². The van der Waals surface area contributed by atoms with Gasteiger partial charge < -0.3 is 10.1 Å².